The van der Waals surface area contributed by atoms with E-state index in [-0.39, 0.29) is 0 Å². The number of aliphatic imine (C=N–C) groups is 1. The summed E-state index contributed by atoms with van der Waals surface area (Å²) in [5.74, 6) is 0. The van der Waals surface area contributed by atoms with Gasteiger partial charge in [-0.2, -0.15) is 0 Å². The third-order valence-electron chi connectivity index (χ3n) is 1.47. The molecule has 0 aromatic carbocycles. The predicted octanol–water partition coefficient (Wildman–Crippen LogP) is 3.10. The molecule has 1 nitrogen and oxygen atoms in total. The minimum Gasteiger partial charge on any atom is -0.296 e. The summed E-state index contributed by atoms with van der Waals surface area (Å²) >= 11 is 0. The average Bonchev–Trinajstić information content (AvgIpc) is 2.17. The van der Waals surface area contributed by atoms with Crippen LogP contribution in [0.3, 0.4) is 0 Å². The zero-order valence-corrected chi connectivity index (χ0v) is 8.03. The van der Waals surface area contributed by atoms with Crippen LogP contribution in [-0.4, -0.2) is 13.3 Å². The van der Waals surface area contributed by atoms with E-state index in [4.69, 9.17) is 0 Å². The van der Waals surface area contributed by atoms with Crippen LogP contribution >= 0.6 is 0 Å². The van der Waals surface area contributed by atoms with Gasteiger partial charge in [-0.05, 0) is 17.2 Å². The summed E-state index contributed by atoms with van der Waals surface area (Å²) in [5.41, 5.74) is 1.98. The summed E-state index contributed by atoms with van der Waals surface area (Å²) in [7, 11) is 1.72. The summed E-state index contributed by atoms with van der Waals surface area (Å²) in [6.45, 7) is 11.0. The smallest absolute Gasteiger partial charge is 0.0277 e. The van der Waals surface area contributed by atoms with Gasteiger partial charge >= 0.3 is 0 Å². The van der Waals surface area contributed by atoms with Gasteiger partial charge in [-0.25, -0.2) is 0 Å². The molecule has 0 saturated carbocycles. The van der Waals surface area contributed by atoms with E-state index < -0.39 is 0 Å². The molecule has 0 radical (unpaired) electrons. The Balaban J connectivity index is 4.93. The lowest BCUT2D eigenvalue weighted by Crippen LogP contribution is -1.82. The summed E-state index contributed by atoms with van der Waals surface area (Å²) in [6, 6.07) is 0. The molecule has 0 N–H and O–H groups in total. The number of rotatable bonds is 5. The van der Waals surface area contributed by atoms with Crippen molar-refractivity contribution in [3.05, 3.63) is 61.3 Å². The van der Waals surface area contributed by atoms with Gasteiger partial charge in [0, 0.05) is 13.3 Å². The highest BCUT2D eigenvalue weighted by Crippen LogP contribution is 2.11. The second kappa shape index (κ2) is 7.04. The predicted molar refractivity (Wildman–Crippen MR) is 61.2 cm³/mol. The minimum atomic E-state index is 0.987. The van der Waals surface area contributed by atoms with Crippen molar-refractivity contribution in [2.75, 3.05) is 7.05 Å². The largest absolute Gasteiger partial charge is 0.296 e. The van der Waals surface area contributed by atoms with Gasteiger partial charge in [-0.3, -0.25) is 4.99 Å². The molecule has 0 fully saturated rings. The first-order chi connectivity index (χ1) is 6.29. The molecule has 0 aromatic rings. The van der Waals surface area contributed by atoms with Crippen molar-refractivity contribution < 1.29 is 0 Å². The summed E-state index contributed by atoms with van der Waals surface area (Å²) < 4.78 is 0. The van der Waals surface area contributed by atoms with E-state index in [9.17, 15) is 0 Å². The minimum absolute atomic E-state index is 0.987. The Morgan fingerprint density at radius 3 is 1.92 bits per heavy atom. The van der Waals surface area contributed by atoms with Crippen LogP contribution in [0.1, 0.15) is 0 Å². The number of hydrogen-bond donors (Lipinski definition) is 0. The Hall–Kier alpha value is -1.63. The zero-order chi connectivity index (χ0) is 10.1. The fraction of sp³-hybridized carbons (Fsp3) is 0.0833. The Morgan fingerprint density at radius 2 is 1.54 bits per heavy atom. The first kappa shape index (κ1) is 11.4. The van der Waals surface area contributed by atoms with Crippen molar-refractivity contribution in [3.8, 4) is 0 Å². The van der Waals surface area contributed by atoms with Gasteiger partial charge in [0.1, 0.15) is 0 Å². The quantitative estimate of drug-likeness (QED) is 0.447. The molecule has 0 bridgehead atoms. The standard InChI is InChI=1S/C12H15N/c1-5-8-11(6-2)12(7-3)9-10-13-4/h5-10H,1-3H2,4H3/b11-8+,12-9+,13-10?. The first-order valence-electron chi connectivity index (χ1n) is 4.00. The molecule has 0 saturated heterocycles. The molecule has 0 atom stereocenters. The van der Waals surface area contributed by atoms with Gasteiger partial charge in [0.2, 0.25) is 0 Å². The monoisotopic (exact) mass is 173 g/mol. The lowest BCUT2D eigenvalue weighted by molar-refractivity contribution is 1.47. The molecule has 0 aliphatic heterocycles. The lowest BCUT2D eigenvalue weighted by atomic mass is 10.1. The van der Waals surface area contributed by atoms with Crippen molar-refractivity contribution in [2.45, 2.75) is 0 Å². The molecule has 13 heavy (non-hydrogen) atoms. The van der Waals surface area contributed by atoms with Crippen LogP contribution < -0.4 is 0 Å². The van der Waals surface area contributed by atoms with Crippen LogP contribution in [0.25, 0.3) is 0 Å². The van der Waals surface area contributed by atoms with Gasteiger partial charge in [0.15, 0.2) is 0 Å². The second-order valence-electron chi connectivity index (χ2n) is 2.30. The van der Waals surface area contributed by atoms with Gasteiger partial charge in [-0.1, -0.05) is 44.0 Å². The molecule has 0 aliphatic rings. The van der Waals surface area contributed by atoms with Crippen LogP contribution in [0.5, 0.6) is 0 Å². The van der Waals surface area contributed by atoms with Gasteiger partial charge in [-0.15, -0.1) is 0 Å². The molecule has 0 unspecified atom stereocenters. The molecule has 1 heteroatoms. The van der Waals surface area contributed by atoms with E-state index in [1.807, 2.05) is 12.2 Å². The maximum atomic E-state index is 3.86. The topological polar surface area (TPSA) is 12.4 Å². The average molecular weight is 173 g/mol. The molecule has 0 spiro atoms. The van der Waals surface area contributed by atoms with E-state index in [1.54, 1.807) is 31.5 Å². The van der Waals surface area contributed by atoms with Gasteiger partial charge < -0.3 is 0 Å². The van der Waals surface area contributed by atoms with Crippen LogP contribution in [-0.2, 0) is 0 Å². The number of hydrogen-bond acceptors (Lipinski definition) is 1. The normalized spacial score (nSPS) is 13.0. The highest BCUT2D eigenvalue weighted by Gasteiger charge is 1.93. The lowest BCUT2D eigenvalue weighted by Gasteiger charge is -1.99. The number of nitrogens with zero attached hydrogens (tertiary/aromatic N) is 1. The molecule has 0 rings (SSSR count). The van der Waals surface area contributed by atoms with Gasteiger partial charge in [0.25, 0.3) is 0 Å². The van der Waals surface area contributed by atoms with E-state index in [0.717, 1.165) is 11.1 Å². The highest BCUT2D eigenvalue weighted by atomic mass is 14.6. The third-order valence-corrected chi connectivity index (χ3v) is 1.47. The van der Waals surface area contributed by atoms with Crippen LogP contribution in [0, 0.1) is 0 Å². The first-order valence-corrected chi connectivity index (χ1v) is 4.00. The van der Waals surface area contributed by atoms with E-state index in [1.165, 1.54) is 0 Å². The molecule has 0 aliphatic carbocycles. The summed E-state index contributed by atoms with van der Waals surface area (Å²) in [5, 5.41) is 0. The highest BCUT2D eigenvalue weighted by molar-refractivity contribution is 5.75. The third kappa shape index (κ3) is 4.06. The summed E-state index contributed by atoms with van der Waals surface area (Å²) in [6.07, 6.45) is 10.7. The molecular formula is C12H15N. The van der Waals surface area contributed by atoms with Crippen molar-refractivity contribution in [3.63, 3.8) is 0 Å². The Kier molecular flexibility index (Phi) is 6.16. The Bertz CT molecular complexity index is 277. The summed E-state index contributed by atoms with van der Waals surface area (Å²) in [4.78, 5) is 3.86. The molecule has 0 aromatic heterocycles. The van der Waals surface area contributed by atoms with Crippen molar-refractivity contribution >= 4 is 6.21 Å². The molecule has 0 heterocycles. The fourth-order valence-corrected chi connectivity index (χ4v) is 0.846. The maximum absolute atomic E-state index is 3.86. The van der Waals surface area contributed by atoms with Crippen LogP contribution in [0.2, 0.25) is 0 Å². The Labute approximate surface area is 80.2 Å². The maximum Gasteiger partial charge on any atom is 0.0277 e. The van der Waals surface area contributed by atoms with Crippen molar-refractivity contribution in [2.24, 2.45) is 4.99 Å². The molecule has 68 valence electrons. The molecular weight excluding hydrogens is 158 g/mol. The van der Waals surface area contributed by atoms with Crippen molar-refractivity contribution in [1.29, 1.82) is 0 Å². The van der Waals surface area contributed by atoms with E-state index in [2.05, 4.69) is 24.7 Å². The zero-order valence-electron chi connectivity index (χ0n) is 8.03. The SMILES string of the molecule is C=C/C=C(C=C)/C(C=C)=C/C=NC. The van der Waals surface area contributed by atoms with Crippen molar-refractivity contribution in [1.82, 2.24) is 0 Å². The van der Waals surface area contributed by atoms with Gasteiger partial charge in [0.05, 0.1) is 0 Å². The number of allylic oxidation sites excluding steroid dienone is 7. The second-order valence-corrected chi connectivity index (χ2v) is 2.30. The van der Waals surface area contributed by atoms with E-state index >= 15 is 0 Å². The van der Waals surface area contributed by atoms with E-state index in [0.29, 0.717) is 0 Å². The Morgan fingerprint density at radius 1 is 1.00 bits per heavy atom. The fourth-order valence-electron chi connectivity index (χ4n) is 0.846. The van der Waals surface area contributed by atoms with Crippen LogP contribution in [0.4, 0.5) is 0 Å². The molecule has 0 amide bonds. The van der Waals surface area contributed by atoms with Crippen LogP contribution in [0.15, 0.2) is 66.3 Å².